The third kappa shape index (κ3) is 3.45. The molecule has 0 saturated carbocycles. The van der Waals surface area contributed by atoms with E-state index in [1.807, 2.05) is 62.9 Å². The molecule has 1 amide bonds. The van der Waals surface area contributed by atoms with Crippen molar-refractivity contribution in [1.29, 1.82) is 0 Å². The predicted molar refractivity (Wildman–Crippen MR) is 85.2 cm³/mol. The number of nitrogens with one attached hydrogen (secondary N) is 1. The molecule has 1 aromatic heterocycles. The molecule has 1 heterocycles. The maximum absolute atomic E-state index is 12.3. The van der Waals surface area contributed by atoms with Gasteiger partial charge >= 0.3 is 0 Å². The molecule has 4 nitrogen and oxygen atoms in total. The van der Waals surface area contributed by atoms with Crippen molar-refractivity contribution in [1.82, 2.24) is 10.2 Å². The highest BCUT2D eigenvalue weighted by Gasteiger charge is 2.21. The Bertz CT molecular complexity index is 569. The second-order valence-corrected chi connectivity index (χ2v) is 5.31. The topological polar surface area (TPSA) is 45.5 Å². The van der Waals surface area contributed by atoms with Gasteiger partial charge in [-0.2, -0.15) is 0 Å². The summed E-state index contributed by atoms with van der Waals surface area (Å²) in [6.07, 6.45) is 0. The molecule has 0 radical (unpaired) electrons. The number of benzene rings is 1. The van der Waals surface area contributed by atoms with Gasteiger partial charge in [-0.05, 0) is 39.8 Å². The summed E-state index contributed by atoms with van der Waals surface area (Å²) < 4.78 is 5.84. The molecule has 0 aliphatic carbocycles. The number of amides is 1. The second-order valence-electron chi connectivity index (χ2n) is 5.31. The van der Waals surface area contributed by atoms with Gasteiger partial charge in [0, 0.05) is 18.5 Å². The number of carbonyl (C=O) groups is 1. The van der Waals surface area contributed by atoms with Crippen molar-refractivity contribution in [2.24, 2.45) is 0 Å². The smallest absolute Gasteiger partial charge is 0.239 e. The fourth-order valence-corrected chi connectivity index (χ4v) is 2.55. The van der Waals surface area contributed by atoms with Crippen molar-refractivity contribution in [2.45, 2.75) is 39.8 Å². The first-order valence-electron chi connectivity index (χ1n) is 7.60. The largest absolute Gasteiger partial charge is 0.459 e. The van der Waals surface area contributed by atoms with Crippen LogP contribution in [0.15, 0.2) is 34.7 Å². The second kappa shape index (κ2) is 6.76. The van der Waals surface area contributed by atoms with E-state index < -0.39 is 0 Å². The summed E-state index contributed by atoms with van der Waals surface area (Å²) in [7, 11) is 0. The average molecular weight is 288 g/mol. The Morgan fingerprint density at radius 1 is 1.24 bits per heavy atom. The molecule has 114 valence electrons. The van der Waals surface area contributed by atoms with E-state index in [1.54, 1.807) is 0 Å². The van der Waals surface area contributed by atoms with Crippen LogP contribution in [0.25, 0.3) is 11.0 Å². The zero-order valence-corrected chi connectivity index (χ0v) is 13.2. The first-order valence-corrected chi connectivity index (χ1v) is 7.60. The standard InChI is InChI=1S/C17H24N2O2/c1-5-19(6-2)17(20)13(4)18-12(3)16-11-14-9-7-8-10-15(14)21-16/h7-13,18H,5-6H2,1-4H3. The molecule has 1 N–H and O–H groups in total. The number of likely N-dealkylation sites (N-methyl/N-ethyl adjacent to an activating group) is 1. The van der Waals surface area contributed by atoms with Crippen molar-refractivity contribution in [3.63, 3.8) is 0 Å². The molecule has 2 rings (SSSR count). The predicted octanol–water partition coefficient (Wildman–Crippen LogP) is 3.34. The number of carbonyl (C=O) groups excluding carboxylic acids is 1. The molecule has 2 aromatic rings. The summed E-state index contributed by atoms with van der Waals surface area (Å²) in [5.74, 6) is 0.985. The van der Waals surface area contributed by atoms with E-state index in [2.05, 4.69) is 5.32 Å². The zero-order valence-electron chi connectivity index (χ0n) is 13.2. The van der Waals surface area contributed by atoms with E-state index in [-0.39, 0.29) is 18.0 Å². The van der Waals surface area contributed by atoms with Crippen LogP contribution in [0.5, 0.6) is 0 Å². The molecule has 1 aromatic carbocycles. The minimum atomic E-state index is -0.229. The van der Waals surface area contributed by atoms with Crippen LogP contribution in [-0.2, 0) is 4.79 Å². The lowest BCUT2D eigenvalue weighted by Gasteiger charge is -2.25. The summed E-state index contributed by atoms with van der Waals surface area (Å²) in [6, 6.07) is 9.73. The number of furan rings is 1. The van der Waals surface area contributed by atoms with Crippen molar-refractivity contribution >= 4 is 16.9 Å². The number of hydrogen-bond acceptors (Lipinski definition) is 3. The van der Waals surface area contributed by atoms with Gasteiger partial charge in [0.25, 0.3) is 0 Å². The molecule has 0 aliphatic rings. The minimum absolute atomic E-state index is 0.00749. The van der Waals surface area contributed by atoms with E-state index >= 15 is 0 Å². The molecule has 0 spiro atoms. The van der Waals surface area contributed by atoms with E-state index in [1.165, 1.54) is 0 Å². The summed E-state index contributed by atoms with van der Waals surface area (Å²) >= 11 is 0. The van der Waals surface area contributed by atoms with Crippen molar-refractivity contribution < 1.29 is 9.21 Å². The molecule has 21 heavy (non-hydrogen) atoms. The number of hydrogen-bond donors (Lipinski definition) is 1. The van der Waals surface area contributed by atoms with Crippen LogP contribution in [0.2, 0.25) is 0 Å². The van der Waals surface area contributed by atoms with Crippen LogP contribution in [0, 0.1) is 0 Å². The normalized spacial score (nSPS) is 14.1. The highest BCUT2D eigenvalue weighted by molar-refractivity contribution is 5.81. The van der Waals surface area contributed by atoms with Gasteiger partial charge in [-0.25, -0.2) is 0 Å². The lowest BCUT2D eigenvalue weighted by molar-refractivity contribution is -0.132. The van der Waals surface area contributed by atoms with Crippen LogP contribution in [0.4, 0.5) is 0 Å². The Balaban J connectivity index is 2.06. The van der Waals surface area contributed by atoms with Crippen molar-refractivity contribution in [3.8, 4) is 0 Å². The first-order chi connectivity index (χ1) is 10.1. The number of para-hydroxylation sites is 1. The monoisotopic (exact) mass is 288 g/mol. The SMILES string of the molecule is CCN(CC)C(=O)C(C)NC(C)c1cc2ccccc2o1. The van der Waals surface area contributed by atoms with Crippen molar-refractivity contribution in [3.05, 3.63) is 36.1 Å². The lowest BCUT2D eigenvalue weighted by Crippen LogP contribution is -2.45. The van der Waals surface area contributed by atoms with E-state index in [4.69, 9.17) is 4.42 Å². The minimum Gasteiger partial charge on any atom is -0.459 e. The average Bonchev–Trinajstić information content (AvgIpc) is 2.92. The lowest BCUT2D eigenvalue weighted by atomic mass is 10.2. The molecule has 0 aliphatic heterocycles. The first kappa shape index (κ1) is 15.6. The molecule has 0 bridgehead atoms. The summed E-state index contributed by atoms with van der Waals surface area (Å²) in [4.78, 5) is 14.1. The highest BCUT2D eigenvalue weighted by atomic mass is 16.3. The molecular weight excluding hydrogens is 264 g/mol. The third-order valence-corrected chi connectivity index (χ3v) is 3.82. The number of fused-ring (bicyclic) bond motifs is 1. The Morgan fingerprint density at radius 2 is 1.90 bits per heavy atom. The van der Waals surface area contributed by atoms with Crippen LogP contribution >= 0.6 is 0 Å². The van der Waals surface area contributed by atoms with E-state index in [0.717, 1.165) is 29.8 Å². The van der Waals surface area contributed by atoms with Gasteiger partial charge in [0.15, 0.2) is 0 Å². The fraction of sp³-hybridized carbons (Fsp3) is 0.471. The van der Waals surface area contributed by atoms with Crippen LogP contribution in [-0.4, -0.2) is 29.9 Å². The quantitative estimate of drug-likeness (QED) is 0.886. The maximum atomic E-state index is 12.3. The highest BCUT2D eigenvalue weighted by Crippen LogP contribution is 2.23. The van der Waals surface area contributed by atoms with Gasteiger partial charge in [-0.1, -0.05) is 18.2 Å². The molecule has 2 atom stereocenters. The molecule has 4 heteroatoms. The van der Waals surface area contributed by atoms with E-state index in [0.29, 0.717) is 0 Å². The Labute approximate surface area is 126 Å². The molecular formula is C17H24N2O2. The van der Waals surface area contributed by atoms with Gasteiger partial charge in [-0.15, -0.1) is 0 Å². The van der Waals surface area contributed by atoms with Crippen molar-refractivity contribution in [2.75, 3.05) is 13.1 Å². The maximum Gasteiger partial charge on any atom is 0.239 e. The molecule has 0 fully saturated rings. The van der Waals surface area contributed by atoms with Crippen LogP contribution in [0.3, 0.4) is 0 Å². The van der Waals surface area contributed by atoms with Gasteiger partial charge in [-0.3, -0.25) is 10.1 Å². The molecule has 2 unspecified atom stereocenters. The zero-order chi connectivity index (χ0) is 15.4. The summed E-state index contributed by atoms with van der Waals surface area (Å²) in [5, 5.41) is 4.41. The van der Waals surface area contributed by atoms with Gasteiger partial charge in [0.1, 0.15) is 11.3 Å². The van der Waals surface area contributed by atoms with Gasteiger partial charge in [0.2, 0.25) is 5.91 Å². The van der Waals surface area contributed by atoms with E-state index in [9.17, 15) is 4.79 Å². The van der Waals surface area contributed by atoms with Crippen LogP contribution < -0.4 is 5.32 Å². The van der Waals surface area contributed by atoms with Gasteiger partial charge < -0.3 is 9.32 Å². The summed E-state index contributed by atoms with van der Waals surface area (Å²) in [5.41, 5.74) is 0.879. The summed E-state index contributed by atoms with van der Waals surface area (Å²) in [6.45, 7) is 9.39. The van der Waals surface area contributed by atoms with Crippen LogP contribution in [0.1, 0.15) is 39.5 Å². The Hall–Kier alpha value is -1.81. The molecule has 0 saturated heterocycles. The fourth-order valence-electron chi connectivity index (χ4n) is 2.55. The Kier molecular flexibility index (Phi) is 5.02. The number of rotatable bonds is 6. The third-order valence-electron chi connectivity index (χ3n) is 3.82. The van der Waals surface area contributed by atoms with Gasteiger partial charge in [0.05, 0.1) is 12.1 Å². The number of nitrogens with zero attached hydrogens (tertiary/aromatic N) is 1. The Morgan fingerprint density at radius 3 is 2.52 bits per heavy atom.